The number of carboxylic acids is 1. The van der Waals surface area contributed by atoms with Crippen molar-refractivity contribution in [3.63, 3.8) is 0 Å². The van der Waals surface area contributed by atoms with Crippen molar-refractivity contribution >= 4 is 29.2 Å². The van der Waals surface area contributed by atoms with Gasteiger partial charge in [-0.15, -0.1) is 0 Å². The molecule has 162 valence electrons. The van der Waals surface area contributed by atoms with Crippen molar-refractivity contribution in [2.24, 2.45) is 0 Å². The number of benzene rings is 3. The third-order valence-corrected chi connectivity index (χ3v) is 5.09. The van der Waals surface area contributed by atoms with Crippen molar-refractivity contribution in [2.75, 3.05) is 6.61 Å². The van der Waals surface area contributed by atoms with Crippen LogP contribution in [0, 0.1) is 0 Å². The summed E-state index contributed by atoms with van der Waals surface area (Å²) in [5.74, 6) is -1.13. The van der Waals surface area contributed by atoms with Gasteiger partial charge in [-0.1, -0.05) is 41.4 Å². The molecule has 0 aliphatic heterocycles. The zero-order valence-corrected chi connectivity index (χ0v) is 17.2. The lowest BCUT2D eigenvalue weighted by molar-refractivity contribution is -0.139. The summed E-state index contributed by atoms with van der Waals surface area (Å²) in [6.45, 7) is -0.551. The van der Waals surface area contributed by atoms with Crippen LogP contribution in [0.5, 0.6) is 11.5 Å². The first-order valence-electron chi connectivity index (χ1n) is 8.86. The first kappa shape index (κ1) is 22.8. The monoisotopic (exact) mass is 470 g/mol. The van der Waals surface area contributed by atoms with Crippen LogP contribution in [0.15, 0.2) is 54.6 Å². The highest BCUT2D eigenvalue weighted by Gasteiger charge is 2.30. The number of halogens is 5. The van der Waals surface area contributed by atoms with E-state index >= 15 is 0 Å². The van der Waals surface area contributed by atoms with Crippen LogP contribution >= 0.6 is 23.2 Å². The van der Waals surface area contributed by atoms with E-state index in [-0.39, 0.29) is 39.1 Å². The van der Waals surface area contributed by atoms with Crippen LogP contribution in [0.25, 0.3) is 11.1 Å². The number of carbonyl (C=O) groups is 1. The van der Waals surface area contributed by atoms with Crippen LogP contribution < -0.4 is 4.74 Å². The number of rotatable bonds is 6. The molecule has 0 heterocycles. The van der Waals surface area contributed by atoms with Crippen molar-refractivity contribution in [1.29, 1.82) is 0 Å². The highest BCUT2D eigenvalue weighted by molar-refractivity contribution is 6.36. The molecule has 0 bridgehead atoms. The Hall–Kier alpha value is -2.90. The summed E-state index contributed by atoms with van der Waals surface area (Å²) in [5.41, 5.74) is 0.791. The van der Waals surface area contributed by atoms with Gasteiger partial charge >= 0.3 is 12.1 Å². The molecular formula is C22H15Cl2F3O4. The average molecular weight is 471 g/mol. The number of phenolic OH excluding ortho intramolecular Hbond substituents is 1. The number of carboxylic acid groups (broad SMARTS) is 1. The van der Waals surface area contributed by atoms with Crippen LogP contribution in [0.3, 0.4) is 0 Å². The third kappa shape index (κ3) is 5.62. The number of hydrogen-bond donors (Lipinski definition) is 2. The summed E-state index contributed by atoms with van der Waals surface area (Å²) >= 11 is 12.5. The quantitative estimate of drug-likeness (QED) is 0.434. The standard InChI is InChI=1S/C22H15Cl2F3O4/c23-18-9-15(31-11-21(29)30)10-19(24)17(18)7-12-4-5-20(28)16(6-12)13-2-1-3-14(8-13)22(25,26)27/h1-6,8-10,28H,7,11H2,(H,29,30). The van der Waals surface area contributed by atoms with Crippen molar-refractivity contribution in [3.8, 4) is 22.6 Å². The molecule has 9 heteroatoms. The summed E-state index contributed by atoms with van der Waals surface area (Å²) in [7, 11) is 0. The maximum Gasteiger partial charge on any atom is 0.416 e. The fraction of sp³-hybridized carbons (Fsp3) is 0.136. The van der Waals surface area contributed by atoms with Gasteiger partial charge < -0.3 is 14.9 Å². The number of ether oxygens (including phenoxy) is 1. The van der Waals surface area contributed by atoms with Crippen LogP contribution in [0.2, 0.25) is 10.0 Å². The normalized spacial score (nSPS) is 11.4. The van der Waals surface area contributed by atoms with Crippen molar-refractivity contribution in [2.45, 2.75) is 12.6 Å². The molecule has 0 aliphatic rings. The van der Waals surface area contributed by atoms with E-state index in [1.54, 1.807) is 12.1 Å². The molecule has 0 aromatic heterocycles. The van der Waals surface area contributed by atoms with Crippen molar-refractivity contribution < 1.29 is 32.9 Å². The maximum absolute atomic E-state index is 13.0. The van der Waals surface area contributed by atoms with Gasteiger partial charge in [0.05, 0.1) is 5.56 Å². The van der Waals surface area contributed by atoms with E-state index in [4.69, 9.17) is 33.0 Å². The number of aromatic hydroxyl groups is 1. The minimum Gasteiger partial charge on any atom is -0.507 e. The molecule has 3 aromatic carbocycles. The van der Waals surface area contributed by atoms with Gasteiger partial charge in [0.1, 0.15) is 11.5 Å². The van der Waals surface area contributed by atoms with E-state index in [1.807, 2.05) is 0 Å². The first-order chi connectivity index (χ1) is 14.5. The molecule has 0 spiro atoms. The smallest absolute Gasteiger partial charge is 0.416 e. The number of hydrogen-bond acceptors (Lipinski definition) is 3. The van der Waals surface area contributed by atoms with Crippen LogP contribution in [0.1, 0.15) is 16.7 Å². The topological polar surface area (TPSA) is 66.8 Å². The van der Waals surface area contributed by atoms with Crippen LogP contribution in [0.4, 0.5) is 13.2 Å². The van der Waals surface area contributed by atoms with Gasteiger partial charge in [0.2, 0.25) is 0 Å². The van der Waals surface area contributed by atoms with E-state index in [9.17, 15) is 23.1 Å². The van der Waals surface area contributed by atoms with E-state index in [2.05, 4.69) is 0 Å². The van der Waals surface area contributed by atoms with E-state index in [1.165, 1.54) is 30.3 Å². The Bertz CT molecular complexity index is 1110. The second-order valence-corrected chi connectivity index (χ2v) is 7.47. The van der Waals surface area contributed by atoms with Gasteiger partial charge in [-0.2, -0.15) is 13.2 Å². The molecule has 0 atom stereocenters. The van der Waals surface area contributed by atoms with Gasteiger partial charge in [0, 0.05) is 22.0 Å². The van der Waals surface area contributed by atoms with Gasteiger partial charge in [0.25, 0.3) is 0 Å². The number of phenols is 1. The summed E-state index contributed by atoms with van der Waals surface area (Å²) in [4.78, 5) is 10.6. The second kappa shape index (κ2) is 9.08. The summed E-state index contributed by atoms with van der Waals surface area (Å²) in [6.07, 6.45) is -4.28. The first-order valence-corrected chi connectivity index (χ1v) is 9.62. The van der Waals surface area contributed by atoms with Crippen LogP contribution in [-0.4, -0.2) is 22.8 Å². The van der Waals surface area contributed by atoms with Gasteiger partial charge in [-0.05, 0) is 53.1 Å². The molecule has 0 radical (unpaired) electrons. The molecule has 31 heavy (non-hydrogen) atoms. The fourth-order valence-corrected chi connectivity index (χ4v) is 3.57. The molecule has 0 saturated carbocycles. The highest BCUT2D eigenvalue weighted by Crippen LogP contribution is 2.37. The lowest BCUT2D eigenvalue weighted by Gasteiger charge is -2.13. The van der Waals surface area contributed by atoms with Crippen molar-refractivity contribution in [3.05, 3.63) is 81.3 Å². The minimum atomic E-state index is -4.51. The molecule has 2 N–H and O–H groups in total. The van der Waals surface area contributed by atoms with Gasteiger partial charge in [-0.25, -0.2) is 4.79 Å². The lowest BCUT2D eigenvalue weighted by Crippen LogP contribution is -2.09. The Balaban J connectivity index is 1.92. The number of aliphatic carboxylic acids is 1. The van der Waals surface area contributed by atoms with E-state index in [0.717, 1.165) is 12.1 Å². The highest BCUT2D eigenvalue weighted by atomic mass is 35.5. The Morgan fingerprint density at radius 2 is 1.68 bits per heavy atom. The largest absolute Gasteiger partial charge is 0.507 e. The molecule has 4 nitrogen and oxygen atoms in total. The Labute approximate surface area is 185 Å². The third-order valence-electron chi connectivity index (χ3n) is 4.42. The van der Waals surface area contributed by atoms with E-state index < -0.39 is 24.3 Å². The summed E-state index contributed by atoms with van der Waals surface area (Å²) in [5, 5.41) is 19.4. The minimum absolute atomic E-state index is 0.169. The van der Waals surface area contributed by atoms with Gasteiger partial charge in [-0.3, -0.25) is 0 Å². The maximum atomic E-state index is 13.0. The zero-order chi connectivity index (χ0) is 22.8. The molecule has 0 unspecified atom stereocenters. The molecule has 0 aliphatic carbocycles. The zero-order valence-electron chi connectivity index (χ0n) is 15.7. The molecule has 0 fully saturated rings. The fourth-order valence-electron chi connectivity index (χ4n) is 2.97. The van der Waals surface area contributed by atoms with Crippen molar-refractivity contribution in [1.82, 2.24) is 0 Å². The molecule has 0 amide bonds. The summed E-state index contributed by atoms with van der Waals surface area (Å²) in [6, 6.07) is 12.1. The SMILES string of the molecule is O=C(O)COc1cc(Cl)c(Cc2ccc(O)c(-c3cccc(C(F)(F)F)c3)c2)c(Cl)c1. The Morgan fingerprint density at radius 3 is 2.29 bits per heavy atom. The summed E-state index contributed by atoms with van der Waals surface area (Å²) < 4.78 is 44.2. The molecule has 0 saturated heterocycles. The molecule has 3 aromatic rings. The van der Waals surface area contributed by atoms with E-state index in [0.29, 0.717) is 11.1 Å². The predicted octanol–water partition coefficient (Wildman–Crippen LogP) is 6.44. The molecule has 3 rings (SSSR count). The van der Waals surface area contributed by atoms with Gasteiger partial charge in [0.15, 0.2) is 6.61 Å². The second-order valence-electron chi connectivity index (χ2n) is 6.65. The van der Waals surface area contributed by atoms with Crippen LogP contribution in [-0.2, 0) is 17.4 Å². The number of alkyl halides is 3. The molecular weight excluding hydrogens is 456 g/mol. The lowest BCUT2D eigenvalue weighted by atomic mass is 9.97. The predicted molar refractivity (Wildman–Crippen MR) is 111 cm³/mol. The average Bonchev–Trinajstić information content (AvgIpc) is 2.69. The Morgan fingerprint density at radius 1 is 1.00 bits per heavy atom. The Kier molecular flexibility index (Phi) is 6.67.